The van der Waals surface area contributed by atoms with Gasteiger partial charge in [-0.15, -0.1) is 0 Å². The van der Waals surface area contributed by atoms with Gasteiger partial charge in [0.1, 0.15) is 4.99 Å². The Morgan fingerprint density at radius 2 is 1.95 bits per heavy atom. The van der Waals surface area contributed by atoms with E-state index in [-0.39, 0.29) is 5.91 Å². The molecule has 1 aromatic rings. The SMILES string of the molecule is CCN(CC)C(=O)CN(C)Cc1cccc(C(N)=S)c1. The highest BCUT2D eigenvalue weighted by atomic mass is 32.1. The lowest BCUT2D eigenvalue weighted by Crippen LogP contribution is -2.38. The first-order valence-electron chi connectivity index (χ1n) is 6.83. The summed E-state index contributed by atoms with van der Waals surface area (Å²) < 4.78 is 0. The molecule has 0 fully saturated rings. The molecule has 0 aliphatic rings. The molecule has 0 atom stereocenters. The van der Waals surface area contributed by atoms with Crippen LogP contribution < -0.4 is 5.73 Å². The molecule has 110 valence electrons. The summed E-state index contributed by atoms with van der Waals surface area (Å²) in [4.78, 5) is 16.3. The van der Waals surface area contributed by atoms with E-state index in [1.54, 1.807) is 0 Å². The Bertz CT molecular complexity index is 472. The molecule has 1 amide bonds. The fourth-order valence-electron chi connectivity index (χ4n) is 2.10. The average molecular weight is 293 g/mol. The number of likely N-dealkylation sites (N-methyl/N-ethyl adjacent to an activating group) is 2. The third-order valence-corrected chi connectivity index (χ3v) is 3.42. The molecule has 5 heteroatoms. The Kier molecular flexibility index (Phi) is 6.61. The fourth-order valence-corrected chi connectivity index (χ4v) is 2.22. The fraction of sp³-hybridized carbons (Fsp3) is 0.467. The zero-order valence-corrected chi connectivity index (χ0v) is 13.2. The number of hydrogen-bond acceptors (Lipinski definition) is 3. The highest BCUT2D eigenvalue weighted by molar-refractivity contribution is 7.80. The van der Waals surface area contributed by atoms with E-state index in [2.05, 4.69) is 0 Å². The quantitative estimate of drug-likeness (QED) is 0.776. The Morgan fingerprint density at radius 3 is 2.50 bits per heavy atom. The number of benzene rings is 1. The summed E-state index contributed by atoms with van der Waals surface area (Å²) in [5.41, 5.74) is 7.59. The summed E-state index contributed by atoms with van der Waals surface area (Å²) in [6.07, 6.45) is 0. The predicted octanol–water partition coefficient (Wildman–Crippen LogP) is 1.62. The molecule has 0 saturated heterocycles. The molecular weight excluding hydrogens is 270 g/mol. The molecule has 20 heavy (non-hydrogen) atoms. The molecule has 0 bridgehead atoms. The second-order valence-electron chi connectivity index (χ2n) is 4.80. The lowest BCUT2D eigenvalue weighted by molar-refractivity contribution is -0.131. The number of rotatable bonds is 7. The summed E-state index contributed by atoms with van der Waals surface area (Å²) in [5.74, 6) is 0.156. The van der Waals surface area contributed by atoms with Gasteiger partial charge in [-0.05, 0) is 32.5 Å². The number of nitrogens with zero attached hydrogens (tertiary/aromatic N) is 2. The van der Waals surface area contributed by atoms with Crippen molar-refractivity contribution in [2.75, 3.05) is 26.7 Å². The van der Waals surface area contributed by atoms with Crippen molar-refractivity contribution in [3.63, 3.8) is 0 Å². The molecule has 0 aliphatic heterocycles. The van der Waals surface area contributed by atoms with Gasteiger partial charge in [0.15, 0.2) is 0 Å². The van der Waals surface area contributed by atoms with Gasteiger partial charge in [-0.25, -0.2) is 0 Å². The summed E-state index contributed by atoms with van der Waals surface area (Å²) >= 11 is 4.97. The predicted molar refractivity (Wildman–Crippen MR) is 86.6 cm³/mol. The number of carbonyl (C=O) groups is 1. The second-order valence-corrected chi connectivity index (χ2v) is 5.24. The zero-order chi connectivity index (χ0) is 15.1. The molecule has 0 aliphatic carbocycles. The molecule has 0 radical (unpaired) electrons. The zero-order valence-electron chi connectivity index (χ0n) is 12.4. The van der Waals surface area contributed by atoms with E-state index in [1.165, 1.54) is 0 Å². The number of amides is 1. The summed E-state index contributed by atoms with van der Waals surface area (Å²) in [7, 11) is 1.94. The van der Waals surface area contributed by atoms with Crippen LogP contribution in [0.25, 0.3) is 0 Å². The van der Waals surface area contributed by atoms with Crippen LogP contribution in [-0.4, -0.2) is 47.4 Å². The van der Waals surface area contributed by atoms with E-state index >= 15 is 0 Å². The van der Waals surface area contributed by atoms with Crippen molar-refractivity contribution < 1.29 is 4.79 Å². The van der Waals surface area contributed by atoms with Crippen molar-refractivity contribution in [2.45, 2.75) is 20.4 Å². The second kappa shape index (κ2) is 7.97. The van der Waals surface area contributed by atoms with Crippen LogP contribution in [0.1, 0.15) is 25.0 Å². The Balaban J connectivity index is 2.62. The number of nitrogens with two attached hydrogens (primary N) is 1. The highest BCUT2D eigenvalue weighted by Crippen LogP contribution is 2.08. The standard InChI is InChI=1S/C15H23N3OS/c1-4-18(5-2)14(19)11-17(3)10-12-7-6-8-13(9-12)15(16)20/h6-9H,4-5,10-11H2,1-3H3,(H2,16,20). The first-order valence-corrected chi connectivity index (χ1v) is 7.23. The minimum absolute atomic E-state index is 0.156. The minimum atomic E-state index is 0.156. The highest BCUT2D eigenvalue weighted by Gasteiger charge is 2.12. The lowest BCUT2D eigenvalue weighted by Gasteiger charge is -2.23. The molecule has 4 nitrogen and oxygen atoms in total. The maximum atomic E-state index is 12.0. The monoisotopic (exact) mass is 293 g/mol. The van der Waals surface area contributed by atoms with Gasteiger partial charge in [-0.1, -0.05) is 30.4 Å². The third-order valence-electron chi connectivity index (χ3n) is 3.19. The van der Waals surface area contributed by atoms with E-state index < -0.39 is 0 Å². The molecule has 0 spiro atoms. The normalized spacial score (nSPS) is 10.6. The van der Waals surface area contributed by atoms with E-state index in [9.17, 15) is 4.79 Å². The van der Waals surface area contributed by atoms with Crippen molar-refractivity contribution in [3.8, 4) is 0 Å². The van der Waals surface area contributed by atoms with Crippen LogP contribution >= 0.6 is 12.2 Å². The Morgan fingerprint density at radius 1 is 1.30 bits per heavy atom. The Hall–Kier alpha value is -1.46. The molecule has 2 N–H and O–H groups in total. The van der Waals surface area contributed by atoms with Gasteiger partial charge in [-0.2, -0.15) is 0 Å². The van der Waals surface area contributed by atoms with Crippen molar-refractivity contribution in [1.29, 1.82) is 0 Å². The van der Waals surface area contributed by atoms with E-state index in [0.29, 0.717) is 18.1 Å². The minimum Gasteiger partial charge on any atom is -0.389 e. The lowest BCUT2D eigenvalue weighted by atomic mass is 10.1. The van der Waals surface area contributed by atoms with Crippen molar-refractivity contribution >= 4 is 23.1 Å². The number of thiocarbonyl (C=S) groups is 1. The number of carbonyl (C=O) groups excluding carboxylic acids is 1. The molecular formula is C15H23N3OS. The molecule has 0 unspecified atom stereocenters. The van der Waals surface area contributed by atoms with Crippen LogP contribution in [0.5, 0.6) is 0 Å². The topological polar surface area (TPSA) is 49.6 Å². The van der Waals surface area contributed by atoms with Crippen LogP contribution in [0.4, 0.5) is 0 Å². The van der Waals surface area contributed by atoms with Gasteiger partial charge < -0.3 is 10.6 Å². The van der Waals surface area contributed by atoms with Crippen molar-refractivity contribution in [1.82, 2.24) is 9.80 Å². The van der Waals surface area contributed by atoms with Crippen molar-refractivity contribution in [3.05, 3.63) is 35.4 Å². The maximum Gasteiger partial charge on any atom is 0.236 e. The Labute approximate surface area is 126 Å². The molecule has 1 aromatic carbocycles. The van der Waals surface area contributed by atoms with Gasteiger partial charge in [-0.3, -0.25) is 9.69 Å². The van der Waals surface area contributed by atoms with E-state index in [1.807, 2.05) is 55.0 Å². The average Bonchev–Trinajstić information content (AvgIpc) is 2.40. The van der Waals surface area contributed by atoms with Gasteiger partial charge >= 0.3 is 0 Å². The van der Waals surface area contributed by atoms with Gasteiger partial charge in [0.05, 0.1) is 6.54 Å². The summed E-state index contributed by atoms with van der Waals surface area (Å²) in [6.45, 7) is 6.60. The molecule has 0 heterocycles. The van der Waals surface area contributed by atoms with Gasteiger partial charge in [0.2, 0.25) is 5.91 Å². The molecule has 0 aromatic heterocycles. The summed E-state index contributed by atoms with van der Waals surface area (Å²) in [6, 6.07) is 7.82. The first-order chi connectivity index (χ1) is 9.47. The molecule has 1 rings (SSSR count). The first kappa shape index (κ1) is 16.6. The number of hydrogen-bond donors (Lipinski definition) is 1. The van der Waals surface area contributed by atoms with Crippen LogP contribution in [0, 0.1) is 0 Å². The van der Waals surface area contributed by atoms with Crippen LogP contribution in [0.2, 0.25) is 0 Å². The van der Waals surface area contributed by atoms with Gasteiger partial charge in [0, 0.05) is 25.2 Å². The maximum absolute atomic E-state index is 12.0. The van der Waals surface area contributed by atoms with Crippen molar-refractivity contribution in [2.24, 2.45) is 5.73 Å². The van der Waals surface area contributed by atoms with Crippen LogP contribution in [0.15, 0.2) is 24.3 Å². The van der Waals surface area contributed by atoms with Crippen LogP contribution in [-0.2, 0) is 11.3 Å². The smallest absolute Gasteiger partial charge is 0.236 e. The van der Waals surface area contributed by atoms with Crippen LogP contribution in [0.3, 0.4) is 0 Å². The van der Waals surface area contributed by atoms with Gasteiger partial charge in [0.25, 0.3) is 0 Å². The summed E-state index contributed by atoms with van der Waals surface area (Å²) in [5, 5.41) is 0. The van der Waals surface area contributed by atoms with E-state index in [4.69, 9.17) is 18.0 Å². The largest absolute Gasteiger partial charge is 0.389 e. The molecule has 0 saturated carbocycles. The third kappa shape index (κ3) is 4.90. The van der Waals surface area contributed by atoms with E-state index in [0.717, 1.165) is 24.2 Å².